The SMILES string of the molecule is O=C(NCCN1CCC(Oc2ccc(Cl)c(Cl)c2)CC1)Nc1ccc(Cl)c(Cl)c1. The van der Waals surface area contributed by atoms with Gasteiger partial charge in [-0.1, -0.05) is 46.4 Å². The number of nitrogens with one attached hydrogen (secondary N) is 2. The van der Waals surface area contributed by atoms with Crippen molar-refractivity contribution in [2.24, 2.45) is 0 Å². The molecule has 0 spiro atoms. The van der Waals surface area contributed by atoms with Gasteiger partial charge in [0.2, 0.25) is 0 Å². The number of piperidine rings is 1. The number of benzene rings is 2. The van der Waals surface area contributed by atoms with E-state index >= 15 is 0 Å². The monoisotopic (exact) mass is 475 g/mol. The molecule has 0 radical (unpaired) electrons. The number of anilines is 1. The molecule has 2 amide bonds. The quantitative estimate of drug-likeness (QED) is 0.540. The fourth-order valence-corrected chi connectivity index (χ4v) is 3.66. The van der Waals surface area contributed by atoms with Crippen molar-refractivity contribution < 1.29 is 9.53 Å². The van der Waals surface area contributed by atoms with Crippen LogP contribution in [0.25, 0.3) is 0 Å². The van der Waals surface area contributed by atoms with Crippen LogP contribution in [0.5, 0.6) is 5.75 Å². The van der Waals surface area contributed by atoms with E-state index in [-0.39, 0.29) is 12.1 Å². The van der Waals surface area contributed by atoms with Crippen LogP contribution in [0.15, 0.2) is 36.4 Å². The highest BCUT2D eigenvalue weighted by Crippen LogP contribution is 2.28. The number of carbonyl (C=O) groups is 1. The maximum absolute atomic E-state index is 12.0. The molecule has 1 heterocycles. The Morgan fingerprint density at radius 3 is 2.28 bits per heavy atom. The standard InChI is InChI=1S/C20H21Cl4N3O2/c21-16-3-1-13(11-18(16)23)26-20(28)25-7-10-27-8-5-14(6-9-27)29-15-2-4-17(22)19(24)12-15/h1-4,11-12,14H,5-10H2,(H2,25,26,28). The second kappa shape index (κ2) is 10.6. The first-order valence-corrected chi connectivity index (χ1v) is 10.8. The number of hydrogen-bond acceptors (Lipinski definition) is 3. The van der Waals surface area contributed by atoms with E-state index in [4.69, 9.17) is 51.1 Å². The molecule has 5 nitrogen and oxygen atoms in total. The van der Waals surface area contributed by atoms with E-state index in [9.17, 15) is 4.79 Å². The molecule has 2 aromatic rings. The predicted octanol–water partition coefficient (Wildman–Crippen LogP) is 5.97. The summed E-state index contributed by atoms with van der Waals surface area (Å²) in [6.07, 6.45) is 1.97. The Balaban J connectivity index is 1.34. The Morgan fingerprint density at radius 2 is 1.62 bits per heavy atom. The lowest BCUT2D eigenvalue weighted by atomic mass is 10.1. The summed E-state index contributed by atoms with van der Waals surface area (Å²) >= 11 is 23.8. The maximum Gasteiger partial charge on any atom is 0.319 e. The average molecular weight is 477 g/mol. The van der Waals surface area contributed by atoms with Gasteiger partial charge in [0.1, 0.15) is 11.9 Å². The minimum Gasteiger partial charge on any atom is -0.490 e. The van der Waals surface area contributed by atoms with E-state index in [0.717, 1.165) is 38.2 Å². The van der Waals surface area contributed by atoms with Gasteiger partial charge >= 0.3 is 6.03 Å². The van der Waals surface area contributed by atoms with Crippen LogP contribution in [0.1, 0.15) is 12.8 Å². The second-order valence-electron chi connectivity index (χ2n) is 6.74. The van der Waals surface area contributed by atoms with E-state index in [1.807, 2.05) is 6.07 Å². The highest BCUT2D eigenvalue weighted by atomic mass is 35.5. The lowest BCUT2D eigenvalue weighted by molar-refractivity contribution is 0.101. The van der Waals surface area contributed by atoms with Crippen LogP contribution in [0.3, 0.4) is 0 Å². The largest absolute Gasteiger partial charge is 0.490 e. The zero-order valence-electron chi connectivity index (χ0n) is 15.6. The molecule has 0 aromatic heterocycles. The predicted molar refractivity (Wildman–Crippen MR) is 120 cm³/mol. The van der Waals surface area contributed by atoms with Gasteiger partial charge in [0, 0.05) is 37.9 Å². The summed E-state index contributed by atoms with van der Waals surface area (Å²) in [6, 6.07) is 9.99. The van der Waals surface area contributed by atoms with Gasteiger partial charge in [-0.3, -0.25) is 0 Å². The fourth-order valence-electron chi connectivity index (χ4n) is 3.07. The number of urea groups is 1. The van der Waals surface area contributed by atoms with Crippen molar-refractivity contribution in [2.75, 3.05) is 31.5 Å². The minimum atomic E-state index is -0.277. The number of ether oxygens (including phenoxy) is 1. The van der Waals surface area contributed by atoms with Crippen molar-refractivity contribution in [3.05, 3.63) is 56.5 Å². The summed E-state index contributed by atoms with van der Waals surface area (Å²) in [6.45, 7) is 3.13. The molecule has 1 aliphatic rings. The third kappa shape index (κ3) is 6.83. The molecule has 3 rings (SSSR count). The van der Waals surface area contributed by atoms with E-state index in [0.29, 0.717) is 32.3 Å². The zero-order chi connectivity index (χ0) is 20.8. The smallest absolute Gasteiger partial charge is 0.319 e. The van der Waals surface area contributed by atoms with E-state index in [1.165, 1.54) is 0 Å². The van der Waals surface area contributed by atoms with Crippen molar-refractivity contribution in [2.45, 2.75) is 18.9 Å². The van der Waals surface area contributed by atoms with Gasteiger partial charge < -0.3 is 20.3 Å². The molecule has 0 unspecified atom stereocenters. The Bertz CT molecular complexity index is 858. The zero-order valence-corrected chi connectivity index (χ0v) is 18.6. The molecule has 29 heavy (non-hydrogen) atoms. The lowest BCUT2D eigenvalue weighted by Gasteiger charge is -2.32. The summed E-state index contributed by atoms with van der Waals surface area (Å²) < 4.78 is 6.00. The molecule has 2 aromatic carbocycles. The summed E-state index contributed by atoms with van der Waals surface area (Å²) in [5, 5.41) is 7.44. The summed E-state index contributed by atoms with van der Waals surface area (Å²) in [5.74, 6) is 0.735. The van der Waals surface area contributed by atoms with Crippen LogP contribution < -0.4 is 15.4 Å². The molecule has 1 aliphatic heterocycles. The number of halogens is 4. The molecule has 0 aliphatic carbocycles. The van der Waals surface area contributed by atoms with Crippen molar-refractivity contribution in [1.82, 2.24) is 10.2 Å². The molecular weight excluding hydrogens is 456 g/mol. The van der Waals surface area contributed by atoms with Crippen molar-refractivity contribution >= 4 is 58.1 Å². The number of carbonyl (C=O) groups excluding carboxylic acids is 1. The number of rotatable bonds is 6. The number of hydrogen-bond donors (Lipinski definition) is 2. The summed E-state index contributed by atoms with van der Waals surface area (Å²) in [4.78, 5) is 14.3. The third-order valence-electron chi connectivity index (χ3n) is 4.62. The molecule has 9 heteroatoms. The van der Waals surface area contributed by atoms with Gasteiger partial charge in [-0.25, -0.2) is 4.79 Å². The molecular formula is C20H21Cl4N3O2. The van der Waals surface area contributed by atoms with Crippen LogP contribution >= 0.6 is 46.4 Å². The highest BCUT2D eigenvalue weighted by Gasteiger charge is 2.20. The Kier molecular flexibility index (Phi) is 8.16. The maximum atomic E-state index is 12.0. The first kappa shape index (κ1) is 22.3. The number of likely N-dealkylation sites (tertiary alicyclic amines) is 1. The Labute approximate surface area is 190 Å². The molecule has 1 fully saturated rings. The Hall–Kier alpha value is -1.37. The van der Waals surface area contributed by atoms with Crippen LogP contribution in [0.2, 0.25) is 20.1 Å². The van der Waals surface area contributed by atoms with Crippen LogP contribution in [0, 0.1) is 0 Å². The molecule has 0 atom stereocenters. The Morgan fingerprint density at radius 1 is 0.966 bits per heavy atom. The van der Waals surface area contributed by atoms with Gasteiger partial charge in [0.15, 0.2) is 0 Å². The fraction of sp³-hybridized carbons (Fsp3) is 0.350. The molecule has 0 bridgehead atoms. The highest BCUT2D eigenvalue weighted by molar-refractivity contribution is 6.42. The minimum absolute atomic E-state index is 0.148. The van der Waals surface area contributed by atoms with Gasteiger partial charge in [-0.15, -0.1) is 0 Å². The topological polar surface area (TPSA) is 53.6 Å². The van der Waals surface area contributed by atoms with Gasteiger partial charge in [-0.2, -0.15) is 0 Å². The lowest BCUT2D eigenvalue weighted by Crippen LogP contribution is -2.42. The van der Waals surface area contributed by atoms with Crippen LogP contribution in [0.4, 0.5) is 10.5 Å². The van der Waals surface area contributed by atoms with Crippen LogP contribution in [-0.4, -0.2) is 43.2 Å². The van der Waals surface area contributed by atoms with Gasteiger partial charge in [0.25, 0.3) is 0 Å². The van der Waals surface area contributed by atoms with Gasteiger partial charge in [0.05, 0.1) is 20.1 Å². The first-order chi connectivity index (χ1) is 13.9. The van der Waals surface area contributed by atoms with E-state index < -0.39 is 0 Å². The number of amides is 2. The second-order valence-corrected chi connectivity index (χ2v) is 8.37. The van der Waals surface area contributed by atoms with Crippen molar-refractivity contribution in [1.29, 1.82) is 0 Å². The number of nitrogens with zero attached hydrogens (tertiary/aromatic N) is 1. The molecule has 1 saturated heterocycles. The van der Waals surface area contributed by atoms with Gasteiger partial charge in [-0.05, 0) is 43.2 Å². The first-order valence-electron chi connectivity index (χ1n) is 9.24. The van der Waals surface area contributed by atoms with Crippen molar-refractivity contribution in [3.63, 3.8) is 0 Å². The van der Waals surface area contributed by atoms with Crippen molar-refractivity contribution in [3.8, 4) is 5.75 Å². The van der Waals surface area contributed by atoms with E-state index in [2.05, 4.69) is 15.5 Å². The average Bonchev–Trinajstić information content (AvgIpc) is 2.69. The normalized spacial score (nSPS) is 15.2. The third-order valence-corrected chi connectivity index (χ3v) is 6.10. The molecule has 0 saturated carbocycles. The van der Waals surface area contributed by atoms with Crippen LogP contribution in [-0.2, 0) is 0 Å². The molecule has 156 valence electrons. The van der Waals surface area contributed by atoms with E-state index in [1.54, 1.807) is 30.3 Å². The summed E-state index contributed by atoms with van der Waals surface area (Å²) in [7, 11) is 0. The molecule has 2 N–H and O–H groups in total. The summed E-state index contributed by atoms with van der Waals surface area (Å²) in [5.41, 5.74) is 0.595.